The largest absolute Gasteiger partial charge is 0.243 e. The van der Waals surface area contributed by atoms with Gasteiger partial charge >= 0.3 is 0 Å². The molecule has 0 aliphatic carbocycles. The Kier molecular flexibility index (Phi) is 2.77. The number of aromatic nitrogens is 3. The Morgan fingerprint density at radius 3 is 2.50 bits per heavy atom. The Hall–Kier alpha value is 0.01000. The summed E-state index contributed by atoms with van der Waals surface area (Å²) >= 11 is 16.4. The number of hydrogen-bond acceptors (Lipinski definition) is 2. The molecule has 56 valence electrons. The zero-order valence-electron chi connectivity index (χ0n) is 4.89. The van der Waals surface area contributed by atoms with Gasteiger partial charge in [0.15, 0.2) is 0 Å². The summed E-state index contributed by atoms with van der Waals surface area (Å²) in [5, 5.41) is 4.17. The monoisotopic (exact) mass is 199 g/mol. The van der Waals surface area contributed by atoms with E-state index in [4.69, 9.17) is 34.8 Å². The molecule has 0 bridgehead atoms. The van der Waals surface area contributed by atoms with E-state index in [1.807, 2.05) is 0 Å². The molecule has 0 radical (unpaired) electrons. The van der Waals surface area contributed by atoms with E-state index < -0.39 is 0 Å². The summed E-state index contributed by atoms with van der Waals surface area (Å²) in [6.07, 6.45) is 0. The fourth-order valence-corrected chi connectivity index (χ4v) is 1.10. The van der Waals surface area contributed by atoms with Crippen LogP contribution in [0.25, 0.3) is 0 Å². The number of nitrogens with zero attached hydrogens (tertiary/aromatic N) is 3. The lowest BCUT2D eigenvalue weighted by Crippen LogP contribution is -2.00. The second-order valence-electron chi connectivity index (χ2n) is 1.56. The maximum absolute atomic E-state index is 5.57. The van der Waals surface area contributed by atoms with Crippen LogP contribution in [0.5, 0.6) is 0 Å². The van der Waals surface area contributed by atoms with Crippen molar-refractivity contribution in [3.8, 4) is 0 Å². The maximum Gasteiger partial charge on any atom is 0.243 e. The highest BCUT2D eigenvalue weighted by molar-refractivity contribution is 6.31. The summed E-state index contributed by atoms with van der Waals surface area (Å²) in [7, 11) is 0. The molecule has 0 N–H and O–H groups in total. The van der Waals surface area contributed by atoms with Crippen LogP contribution in [0.15, 0.2) is 0 Å². The highest BCUT2D eigenvalue weighted by Gasteiger charge is 2.03. The summed E-state index contributed by atoms with van der Waals surface area (Å²) in [5.41, 5.74) is 0. The van der Waals surface area contributed by atoms with Gasteiger partial charge in [0, 0.05) is 5.88 Å². The predicted molar refractivity (Wildman–Crippen MR) is 40.8 cm³/mol. The Bertz CT molecular complexity index is 222. The van der Waals surface area contributed by atoms with Gasteiger partial charge in [0.1, 0.15) is 0 Å². The topological polar surface area (TPSA) is 30.7 Å². The van der Waals surface area contributed by atoms with Crippen LogP contribution >= 0.6 is 34.8 Å². The Morgan fingerprint density at radius 2 is 2.10 bits per heavy atom. The molecule has 0 saturated heterocycles. The van der Waals surface area contributed by atoms with Gasteiger partial charge in [-0.05, 0) is 23.2 Å². The molecule has 1 heterocycles. The quantitative estimate of drug-likeness (QED) is 0.682. The van der Waals surface area contributed by atoms with Crippen LogP contribution in [-0.4, -0.2) is 20.6 Å². The van der Waals surface area contributed by atoms with Crippen molar-refractivity contribution in [2.45, 2.75) is 6.54 Å². The molecule has 0 saturated carbocycles. The molecule has 0 aliphatic rings. The summed E-state index contributed by atoms with van der Waals surface area (Å²) in [5.74, 6) is 0.444. The van der Waals surface area contributed by atoms with Crippen molar-refractivity contribution >= 4 is 34.8 Å². The molecule has 0 aromatic carbocycles. The normalized spacial score (nSPS) is 10.3. The molecule has 0 aliphatic heterocycles. The van der Waals surface area contributed by atoms with E-state index in [-0.39, 0.29) is 10.6 Å². The minimum atomic E-state index is 0.148. The van der Waals surface area contributed by atoms with Crippen LogP contribution in [-0.2, 0) is 6.54 Å². The minimum absolute atomic E-state index is 0.148. The fraction of sp³-hybridized carbons (Fsp3) is 0.500. The second-order valence-corrected chi connectivity index (χ2v) is 2.62. The molecule has 1 aromatic heterocycles. The third-order valence-electron chi connectivity index (χ3n) is 0.897. The highest BCUT2D eigenvalue weighted by atomic mass is 35.5. The zero-order chi connectivity index (χ0) is 7.56. The average Bonchev–Trinajstić information content (AvgIpc) is 2.13. The maximum atomic E-state index is 5.57. The van der Waals surface area contributed by atoms with Crippen molar-refractivity contribution in [3.63, 3.8) is 0 Å². The lowest BCUT2D eigenvalue weighted by molar-refractivity contribution is 0.663. The van der Waals surface area contributed by atoms with E-state index in [9.17, 15) is 0 Å². The molecule has 10 heavy (non-hydrogen) atoms. The van der Waals surface area contributed by atoms with Crippen molar-refractivity contribution in [1.29, 1.82) is 0 Å². The van der Waals surface area contributed by atoms with Crippen LogP contribution in [0.4, 0.5) is 0 Å². The Balaban J connectivity index is 2.81. The van der Waals surface area contributed by atoms with Gasteiger partial charge < -0.3 is 0 Å². The standard InChI is InChI=1S/C4H4Cl3N3/c5-1-2-10-4(7)8-3(6)9-10/h1-2H2. The van der Waals surface area contributed by atoms with Gasteiger partial charge in [-0.25, -0.2) is 4.68 Å². The van der Waals surface area contributed by atoms with Gasteiger partial charge in [-0.15, -0.1) is 16.7 Å². The molecule has 6 heteroatoms. The first kappa shape index (κ1) is 8.11. The van der Waals surface area contributed by atoms with Crippen molar-refractivity contribution in [2.75, 3.05) is 5.88 Å². The predicted octanol–water partition coefficient (Wildman–Crippen LogP) is 1.82. The van der Waals surface area contributed by atoms with E-state index in [0.717, 1.165) is 0 Å². The number of hydrogen-bond donors (Lipinski definition) is 0. The lowest BCUT2D eigenvalue weighted by Gasteiger charge is -1.93. The summed E-state index contributed by atoms with van der Waals surface area (Å²) in [6, 6.07) is 0. The fourth-order valence-electron chi connectivity index (χ4n) is 0.519. The van der Waals surface area contributed by atoms with Gasteiger partial charge in [-0.1, -0.05) is 0 Å². The first-order chi connectivity index (χ1) is 4.74. The van der Waals surface area contributed by atoms with Crippen molar-refractivity contribution in [1.82, 2.24) is 14.8 Å². The van der Waals surface area contributed by atoms with E-state index in [1.54, 1.807) is 0 Å². The van der Waals surface area contributed by atoms with E-state index >= 15 is 0 Å². The van der Waals surface area contributed by atoms with Crippen molar-refractivity contribution < 1.29 is 0 Å². The molecular formula is C4H4Cl3N3. The summed E-state index contributed by atoms with van der Waals surface area (Å²) < 4.78 is 1.44. The molecular weight excluding hydrogens is 196 g/mol. The molecule has 0 unspecified atom stereocenters. The number of alkyl halides is 1. The molecule has 0 atom stereocenters. The van der Waals surface area contributed by atoms with Crippen LogP contribution in [0.2, 0.25) is 10.6 Å². The number of rotatable bonds is 2. The summed E-state index contributed by atoms with van der Waals surface area (Å²) in [6.45, 7) is 0.528. The Morgan fingerprint density at radius 1 is 1.40 bits per heavy atom. The first-order valence-electron chi connectivity index (χ1n) is 2.56. The van der Waals surface area contributed by atoms with Crippen LogP contribution in [0.1, 0.15) is 0 Å². The number of aryl methyl sites for hydroxylation is 1. The van der Waals surface area contributed by atoms with E-state index in [1.165, 1.54) is 4.68 Å². The van der Waals surface area contributed by atoms with Gasteiger partial charge in [0.2, 0.25) is 10.6 Å². The van der Waals surface area contributed by atoms with Gasteiger partial charge in [0.25, 0.3) is 0 Å². The van der Waals surface area contributed by atoms with Gasteiger partial charge in [-0.3, -0.25) is 0 Å². The second kappa shape index (κ2) is 3.42. The van der Waals surface area contributed by atoms with Crippen LogP contribution < -0.4 is 0 Å². The molecule has 0 amide bonds. The zero-order valence-corrected chi connectivity index (χ0v) is 7.16. The summed E-state index contributed by atoms with van der Waals surface area (Å²) in [4.78, 5) is 3.65. The molecule has 1 aromatic rings. The third-order valence-corrected chi connectivity index (χ3v) is 1.51. The lowest BCUT2D eigenvalue weighted by atomic mass is 10.8. The van der Waals surface area contributed by atoms with Crippen LogP contribution in [0, 0.1) is 0 Å². The minimum Gasteiger partial charge on any atom is -0.234 e. The average molecular weight is 200 g/mol. The van der Waals surface area contributed by atoms with Crippen LogP contribution in [0.3, 0.4) is 0 Å². The highest BCUT2D eigenvalue weighted by Crippen LogP contribution is 2.08. The molecule has 0 spiro atoms. The third kappa shape index (κ3) is 1.75. The SMILES string of the molecule is ClCCn1nc(Cl)nc1Cl. The van der Waals surface area contributed by atoms with Gasteiger partial charge in [0.05, 0.1) is 6.54 Å². The number of halogens is 3. The van der Waals surface area contributed by atoms with E-state index in [0.29, 0.717) is 12.4 Å². The van der Waals surface area contributed by atoms with Crippen molar-refractivity contribution in [3.05, 3.63) is 10.6 Å². The Labute approximate surface area is 72.9 Å². The van der Waals surface area contributed by atoms with Crippen molar-refractivity contribution in [2.24, 2.45) is 0 Å². The molecule has 0 fully saturated rings. The first-order valence-corrected chi connectivity index (χ1v) is 3.85. The van der Waals surface area contributed by atoms with E-state index in [2.05, 4.69) is 10.1 Å². The molecule has 3 nitrogen and oxygen atoms in total. The van der Waals surface area contributed by atoms with Gasteiger partial charge in [-0.2, -0.15) is 4.98 Å². The smallest absolute Gasteiger partial charge is 0.234 e. The molecule has 1 rings (SSSR count).